The van der Waals surface area contributed by atoms with Crippen LogP contribution in [-0.2, 0) is 10.3 Å². The number of carbonyl (C=O) groups excluding carboxylic acids is 2. The van der Waals surface area contributed by atoms with Crippen molar-refractivity contribution in [2.45, 2.75) is 32.2 Å². The van der Waals surface area contributed by atoms with Crippen LogP contribution in [0, 0.1) is 6.92 Å². The smallest absolute Gasteiger partial charge is 0.254 e. The SMILES string of the molecule is CC(=O)Nc1cc(Nc2ncc(C(N)=O)c(NC3(c4ccccc4)CC3)n2)ccc1C. The van der Waals surface area contributed by atoms with E-state index in [4.69, 9.17) is 5.73 Å². The van der Waals surface area contributed by atoms with E-state index in [9.17, 15) is 9.59 Å². The summed E-state index contributed by atoms with van der Waals surface area (Å²) in [7, 11) is 0. The fourth-order valence-corrected chi connectivity index (χ4v) is 3.47. The largest absolute Gasteiger partial charge is 0.365 e. The maximum absolute atomic E-state index is 12.0. The van der Waals surface area contributed by atoms with Gasteiger partial charge in [0.2, 0.25) is 11.9 Å². The van der Waals surface area contributed by atoms with E-state index in [0.717, 1.165) is 24.0 Å². The molecule has 0 spiro atoms. The number of anilines is 4. The summed E-state index contributed by atoms with van der Waals surface area (Å²) in [5.74, 6) is -0.0415. The fraction of sp³-hybridized carbons (Fsp3) is 0.217. The molecule has 0 saturated heterocycles. The molecule has 1 aromatic heterocycles. The van der Waals surface area contributed by atoms with Crippen molar-refractivity contribution in [2.75, 3.05) is 16.0 Å². The molecule has 4 rings (SSSR count). The van der Waals surface area contributed by atoms with Crippen LogP contribution in [0.15, 0.2) is 54.7 Å². The Balaban J connectivity index is 1.62. The standard InChI is InChI=1S/C23H24N6O2/c1-14-8-9-17(12-19(14)26-15(2)30)27-22-25-13-18(20(24)31)21(28-22)29-23(10-11-23)16-6-4-3-5-7-16/h3-9,12-13H,10-11H2,1-2H3,(H2,24,31)(H,26,30)(H2,25,27,28,29). The highest BCUT2D eigenvalue weighted by molar-refractivity contribution is 5.97. The van der Waals surface area contributed by atoms with Crippen molar-refractivity contribution in [1.29, 1.82) is 0 Å². The number of hydrogen-bond donors (Lipinski definition) is 4. The molecule has 3 aromatic rings. The van der Waals surface area contributed by atoms with E-state index in [0.29, 0.717) is 23.1 Å². The molecule has 1 aliphatic carbocycles. The molecule has 1 saturated carbocycles. The van der Waals surface area contributed by atoms with Crippen molar-refractivity contribution in [3.63, 3.8) is 0 Å². The number of hydrogen-bond acceptors (Lipinski definition) is 6. The average molecular weight is 416 g/mol. The number of amides is 2. The second-order valence-electron chi connectivity index (χ2n) is 7.73. The van der Waals surface area contributed by atoms with E-state index in [1.165, 1.54) is 13.1 Å². The molecule has 1 fully saturated rings. The van der Waals surface area contributed by atoms with Crippen LogP contribution in [0.5, 0.6) is 0 Å². The number of aryl methyl sites for hydroxylation is 1. The zero-order valence-electron chi connectivity index (χ0n) is 17.4. The van der Waals surface area contributed by atoms with Crippen molar-refractivity contribution in [1.82, 2.24) is 9.97 Å². The first-order chi connectivity index (χ1) is 14.9. The van der Waals surface area contributed by atoms with E-state index in [1.54, 1.807) is 0 Å². The molecule has 1 aliphatic rings. The highest BCUT2D eigenvalue weighted by Crippen LogP contribution is 2.48. The van der Waals surface area contributed by atoms with E-state index in [-0.39, 0.29) is 17.0 Å². The molecular weight excluding hydrogens is 392 g/mol. The van der Waals surface area contributed by atoms with Gasteiger partial charge in [-0.05, 0) is 43.0 Å². The Bertz CT molecular complexity index is 1140. The van der Waals surface area contributed by atoms with Crippen LogP contribution < -0.4 is 21.7 Å². The summed E-state index contributed by atoms with van der Waals surface area (Å²) in [4.78, 5) is 32.2. The molecule has 0 aliphatic heterocycles. The monoisotopic (exact) mass is 416 g/mol. The molecular formula is C23H24N6O2. The van der Waals surface area contributed by atoms with E-state index in [1.807, 2.05) is 43.3 Å². The van der Waals surface area contributed by atoms with Crippen molar-refractivity contribution in [2.24, 2.45) is 5.73 Å². The van der Waals surface area contributed by atoms with E-state index in [2.05, 4.69) is 38.1 Å². The Morgan fingerprint density at radius 2 is 1.84 bits per heavy atom. The normalized spacial score (nSPS) is 13.9. The molecule has 2 amide bonds. The van der Waals surface area contributed by atoms with Crippen molar-refractivity contribution in [3.8, 4) is 0 Å². The summed E-state index contributed by atoms with van der Waals surface area (Å²) >= 11 is 0. The topological polar surface area (TPSA) is 122 Å². The molecule has 0 bridgehead atoms. The third-order valence-corrected chi connectivity index (χ3v) is 5.29. The van der Waals surface area contributed by atoms with Crippen LogP contribution in [0.3, 0.4) is 0 Å². The zero-order chi connectivity index (χ0) is 22.0. The van der Waals surface area contributed by atoms with Crippen molar-refractivity contribution >= 4 is 35.0 Å². The number of nitrogens with one attached hydrogen (secondary N) is 3. The number of rotatable bonds is 7. The summed E-state index contributed by atoms with van der Waals surface area (Å²) in [5, 5.41) is 9.35. The van der Waals surface area contributed by atoms with Crippen LogP contribution in [0.4, 0.5) is 23.1 Å². The number of carbonyl (C=O) groups is 2. The number of nitrogens with two attached hydrogens (primary N) is 1. The van der Waals surface area contributed by atoms with Crippen molar-refractivity contribution < 1.29 is 9.59 Å². The van der Waals surface area contributed by atoms with Gasteiger partial charge in [-0.3, -0.25) is 9.59 Å². The third kappa shape index (κ3) is 4.48. The Morgan fingerprint density at radius 1 is 1.10 bits per heavy atom. The molecule has 2 aromatic carbocycles. The summed E-state index contributed by atoms with van der Waals surface area (Å²) in [6.45, 7) is 3.37. The van der Waals surface area contributed by atoms with E-state index >= 15 is 0 Å². The Hall–Kier alpha value is -3.94. The van der Waals surface area contributed by atoms with Crippen LogP contribution in [-0.4, -0.2) is 21.8 Å². The molecule has 158 valence electrons. The summed E-state index contributed by atoms with van der Waals surface area (Å²) in [6, 6.07) is 15.6. The molecule has 8 heteroatoms. The van der Waals surface area contributed by atoms with Gasteiger partial charge in [0.15, 0.2) is 0 Å². The lowest BCUT2D eigenvalue weighted by Gasteiger charge is -2.20. The lowest BCUT2D eigenvalue weighted by atomic mass is 10.0. The first-order valence-electron chi connectivity index (χ1n) is 10.0. The first-order valence-corrected chi connectivity index (χ1v) is 10.0. The maximum atomic E-state index is 12.0. The van der Waals surface area contributed by atoms with Gasteiger partial charge < -0.3 is 21.7 Å². The van der Waals surface area contributed by atoms with E-state index < -0.39 is 5.91 Å². The summed E-state index contributed by atoms with van der Waals surface area (Å²) in [6.07, 6.45) is 3.28. The predicted octanol–water partition coefficient (Wildman–Crippen LogP) is 3.69. The van der Waals surface area contributed by atoms with Crippen LogP contribution in [0.2, 0.25) is 0 Å². The highest BCUT2D eigenvalue weighted by Gasteiger charge is 2.45. The van der Waals surface area contributed by atoms with Gasteiger partial charge in [0.05, 0.1) is 11.1 Å². The van der Waals surface area contributed by atoms with Gasteiger partial charge in [-0.1, -0.05) is 36.4 Å². The lowest BCUT2D eigenvalue weighted by Crippen LogP contribution is -2.24. The van der Waals surface area contributed by atoms with Gasteiger partial charge in [-0.15, -0.1) is 0 Å². The average Bonchev–Trinajstić information content (AvgIpc) is 3.51. The van der Waals surface area contributed by atoms with Crippen LogP contribution in [0.1, 0.15) is 41.3 Å². The van der Waals surface area contributed by atoms with Gasteiger partial charge in [0.25, 0.3) is 5.91 Å². The Kier molecular flexibility index (Phi) is 5.29. The quantitative estimate of drug-likeness (QED) is 0.466. The minimum Gasteiger partial charge on any atom is -0.365 e. The number of aromatic nitrogens is 2. The molecule has 1 heterocycles. The fourth-order valence-electron chi connectivity index (χ4n) is 3.47. The second-order valence-corrected chi connectivity index (χ2v) is 7.73. The van der Waals surface area contributed by atoms with Gasteiger partial charge in [0.1, 0.15) is 5.82 Å². The van der Waals surface area contributed by atoms with Gasteiger partial charge in [0, 0.05) is 24.5 Å². The van der Waals surface area contributed by atoms with Crippen LogP contribution >= 0.6 is 0 Å². The van der Waals surface area contributed by atoms with Crippen LogP contribution in [0.25, 0.3) is 0 Å². The van der Waals surface area contributed by atoms with Gasteiger partial charge >= 0.3 is 0 Å². The molecule has 0 unspecified atom stereocenters. The highest BCUT2D eigenvalue weighted by atomic mass is 16.1. The van der Waals surface area contributed by atoms with Gasteiger partial charge in [-0.25, -0.2) is 4.98 Å². The summed E-state index contributed by atoms with van der Waals surface area (Å²) < 4.78 is 0. The van der Waals surface area contributed by atoms with Crippen molar-refractivity contribution in [3.05, 3.63) is 71.4 Å². The number of primary amides is 1. The lowest BCUT2D eigenvalue weighted by molar-refractivity contribution is -0.114. The molecule has 0 atom stereocenters. The number of nitrogens with zero attached hydrogens (tertiary/aromatic N) is 2. The number of benzene rings is 2. The molecule has 0 radical (unpaired) electrons. The van der Waals surface area contributed by atoms with Gasteiger partial charge in [-0.2, -0.15) is 4.98 Å². The summed E-state index contributed by atoms with van der Waals surface area (Å²) in [5.41, 5.74) is 9.00. The minimum atomic E-state index is -0.596. The Morgan fingerprint density at radius 3 is 2.48 bits per heavy atom. The zero-order valence-corrected chi connectivity index (χ0v) is 17.4. The second kappa shape index (κ2) is 8.06. The molecule has 31 heavy (non-hydrogen) atoms. The first kappa shape index (κ1) is 20.3. The maximum Gasteiger partial charge on any atom is 0.254 e. The molecule has 5 N–H and O–H groups in total. The molecule has 8 nitrogen and oxygen atoms in total. The predicted molar refractivity (Wildman–Crippen MR) is 120 cm³/mol. The minimum absolute atomic E-state index is 0.149. The third-order valence-electron chi connectivity index (χ3n) is 5.29. The Labute approximate surface area is 180 Å².